The largest absolute Gasteiger partial charge is 0.478 e. The summed E-state index contributed by atoms with van der Waals surface area (Å²) in [6.45, 7) is 0. The fourth-order valence-electron chi connectivity index (χ4n) is 2.70. The fourth-order valence-corrected chi connectivity index (χ4v) is 2.70. The molecule has 0 atom stereocenters. The second kappa shape index (κ2) is 6.38. The van der Waals surface area contributed by atoms with Gasteiger partial charge >= 0.3 is 11.9 Å². The highest BCUT2D eigenvalue weighted by Crippen LogP contribution is 2.30. The topological polar surface area (TPSA) is 74.6 Å². The van der Waals surface area contributed by atoms with Gasteiger partial charge in [0.05, 0.1) is 11.1 Å². The number of carbonyl (C=O) groups is 2. The molecule has 3 rings (SSSR count). The summed E-state index contributed by atoms with van der Waals surface area (Å²) in [5, 5.41) is 18.7. The van der Waals surface area contributed by atoms with Crippen molar-refractivity contribution < 1.29 is 19.8 Å². The lowest BCUT2D eigenvalue weighted by molar-refractivity contribution is 0.0652. The van der Waals surface area contributed by atoms with E-state index in [0.717, 1.165) is 11.1 Å². The highest BCUT2D eigenvalue weighted by atomic mass is 16.4. The molecule has 3 aromatic carbocycles. The average Bonchev–Trinajstić information content (AvgIpc) is 2.61. The first kappa shape index (κ1) is 15.5. The Morgan fingerprint density at radius 1 is 0.625 bits per heavy atom. The minimum Gasteiger partial charge on any atom is -0.478 e. The van der Waals surface area contributed by atoms with E-state index < -0.39 is 11.9 Å². The minimum atomic E-state index is -1.26. The van der Waals surface area contributed by atoms with Crippen molar-refractivity contribution in [3.8, 4) is 22.3 Å². The highest BCUT2D eigenvalue weighted by Gasteiger charge is 2.20. The quantitative estimate of drug-likeness (QED) is 0.747. The summed E-state index contributed by atoms with van der Waals surface area (Å²) in [6.07, 6.45) is 0. The van der Waals surface area contributed by atoms with Gasteiger partial charge in [0.2, 0.25) is 0 Å². The number of hydrogen-bond acceptors (Lipinski definition) is 2. The van der Waals surface area contributed by atoms with Gasteiger partial charge in [-0.3, -0.25) is 0 Å². The molecule has 0 aliphatic carbocycles. The van der Waals surface area contributed by atoms with Crippen molar-refractivity contribution in [2.24, 2.45) is 0 Å². The second-order valence-corrected chi connectivity index (χ2v) is 5.29. The van der Waals surface area contributed by atoms with Crippen LogP contribution in [-0.4, -0.2) is 22.2 Å². The molecule has 0 amide bonds. The van der Waals surface area contributed by atoms with Crippen molar-refractivity contribution in [2.75, 3.05) is 0 Å². The fraction of sp³-hybridized carbons (Fsp3) is 0. The summed E-state index contributed by atoms with van der Waals surface area (Å²) in [6, 6.07) is 21.6. The van der Waals surface area contributed by atoms with E-state index in [9.17, 15) is 19.8 Å². The van der Waals surface area contributed by atoms with Crippen LogP contribution >= 0.6 is 0 Å². The molecule has 0 saturated heterocycles. The van der Waals surface area contributed by atoms with Crippen LogP contribution in [0.4, 0.5) is 0 Å². The molecular weight excluding hydrogens is 304 g/mol. The van der Waals surface area contributed by atoms with E-state index in [1.807, 2.05) is 48.5 Å². The van der Waals surface area contributed by atoms with Gasteiger partial charge in [-0.15, -0.1) is 0 Å². The number of hydrogen-bond donors (Lipinski definition) is 2. The van der Waals surface area contributed by atoms with E-state index in [0.29, 0.717) is 11.1 Å². The number of carboxylic acid groups (broad SMARTS) is 2. The molecule has 0 aliphatic rings. The predicted octanol–water partition coefficient (Wildman–Crippen LogP) is 4.42. The Hall–Kier alpha value is -3.40. The molecule has 0 aromatic heterocycles. The third-order valence-corrected chi connectivity index (χ3v) is 3.79. The Labute approximate surface area is 138 Å². The van der Waals surface area contributed by atoms with Gasteiger partial charge < -0.3 is 10.2 Å². The molecule has 0 unspecified atom stereocenters. The zero-order valence-electron chi connectivity index (χ0n) is 12.6. The molecule has 0 bridgehead atoms. The molecule has 3 aromatic rings. The van der Waals surface area contributed by atoms with Crippen LogP contribution < -0.4 is 0 Å². The van der Waals surface area contributed by atoms with Gasteiger partial charge in [0.15, 0.2) is 0 Å². The lowest BCUT2D eigenvalue weighted by Crippen LogP contribution is -2.09. The standard InChI is InChI=1S/C20H14O4/c21-19(22)17-11-5-10-16(18(17)20(23)24)15-9-4-8-14(12-15)13-6-2-1-3-7-13/h1-12H,(H,21,22)(H,23,24). The third kappa shape index (κ3) is 2.90. The zero-order chi connectivity index (χ0) is 17.1. The van der Waals surface area contributed by atoms with Gasteiger partial charge in [-0.1, -0.05) is 60.7 Å². The van der Waals surface area contributed by atoms with Crippen molar-refractivity contribution >= 4 is 11.9 Å². The molecule has 0 aliphatic heterocycles. The van der Waals surface area contributed by atoms with Gasteiger partial charge in [0.25, 0.3) is 0 Å². The Balaban J connectivity index is 2.19. The SMILES string of the molecule is O=C(O)c1cccc(-c2cccc(-c3ccccc3)c2)c1C(=O)O. The van der Waals surface area contributed by atoms with Gasteiger partial charge in [0.1, 0.15) is 0 Å². The van der Waals surface area contributed by atoms with Gasteiger partial charge in [-0.2, -0.15) is 0 Å². The van der Waals surface area contributed by atoms with E-state index >= 15 is 0 Å². The maximum Gasteiger partial charge on any atom is 0.337 e. The van der Waals surface area contributed by atoms with Crippen molar-refractivity contribution in [1.82, 2.24) is 0 Å². The van der Waals surface area contributed by atoms with Gasteiger partial charge in [-0.05, 0) is 34.4 Å². The van der Waals surface area contributed by atoms with Crippen molar-refractivity contribution in [3.05, 3.63) is 83.9 Å². The molecular formula is C20H14O4. The summed E-state index contributed by atoms with van der Waals surface area (Å²) in [7, 11) is 0. The van der Waals surface area contributed by atoms with E-state index in [1.165, 1.54) is 6.07 Å². The third-order valence-electron chi connectivity index (χ3n) is 3.79. The van der Waals surface area contributed by atoms with Crippen LogP contribution in [0.3, 0.4) is 0 Å². The number of aromatic carboxylic acids is 2. The minimum absolute atomic E-state index is 0.199. The van der Waals surface area contributed by atoms with E-state index in [1.54, 1.807) is 18.2 Å². The molecule has 0 spiro atoms. The summed E-state index contributed by atoms with van der Waals surface area (Å²) in [4.78, 5) is 22.9. The summed E-state index contributed by atoms with van der Waals surface area (Å²) < 4.78 is 0. The van der Waals surface area contributed by atoms with Crippen molar-refractivity contribution in [2.45, 2.75) is 0 Å². The number of benzene rings is 3. The summed E-state index contributed by atoms with van der Waals surface area (Å²) >= 11 is 0. The van der Waals surface area contributed by atoms with Crippen molar-refractivity contribution in [1.29, 1.82) is 0 Å². The molecule has 0 radical (unpaired) electrons. The molecule has 24 heavy (non-hydrogen) atoms. The number of rotatable bonds is 4. The first-order chi connectivity index (χ1) is 11.6. The van der Waals surface area contributed by atoms with Crippen LogP contribution in [0.5, 0.6) is 0 Å². The molecule has 0 fully saturated rings. The number of carboxylic acids is 2. The molecule has 0 saturated carbocycles. The lowest BCUT2D eigenvalue weighted by atomic mass is 9.93. The van der Waals surface area contributed by atoms with Crippen LogP contribution in [0.15, 0.2) is 72.8 Å². The molecule has 2 N–H and O–H groups in total. The zero-order valence-corrected chi connectivity index (χ0v) is 12.6. The molecule has 118 valence electrons. The van der Waals surface area contributed by atoms with Crippen LogP contribution in [0, 0.1) is 0 Å². The van der Waals surface area contributed by atoms with E-state index in [2.05, 4.69) is 0 Å². The predicted molar refractivity (Wildman–Crippen MR) is 91.2 cm³/mol. The smallest absolute Gasteiger partial charge is 0.337 e. The maximum atomic E-state index is 11.6. The van der Waals surface area contributed by atoms with Gasteiger partial charge in [0, 0.05) is 0 Å². The molecule has 4 heteroatoms. The first-order valence-corrected chi connectivity index (χ1v) is 7.33. The Kier molecular flexibility index (Phi) is 4.12. The van der Waals surface area contributed by atoms with Gasteiger partial charge in [-0.25, -0.2) is 9.59 Å². The average molecular weight is 318 g/mol. The Morgan fingerprint density at radius 3 is 1.92 bits per heavy atom. The Bertz CT molecular complexity index is 914. The van der Waals surface area contributed by atoms with Crippen LogP contribution in [0.2, 0.25) is 0 Å². The Morgan fingerprint density at radius 2 is 1.25 bits per heavy atom. The maximum absolute atomic E-state index is 11.6. The summed E-state index contributed by atoms with van der Waals surface area (Å²) in [5.41, 5.74) is 2.58. The van der Waals surface area contributed by atoms with Crippen LogP contribution in [0.25, 0.3) is 22.3 Å². The molecule has 4 nitrogen and oxygen atoms in total. The van der Waals surface area contributed by atoms with Crippen molar-refractivity contribution in [3.63, 3.8) is 0 Å². The van der Waals surface area contributed by atoms with Crippen LogP contribution in [-0.2, 0) is 0 Å². The summed E-state index contributed by atoms with van der Waals surface area (Å²) in [5.74, 6) is -2.51. The monoisotopic (exact) mass is 318 g/mol. The van der Waals surface area contributed by atoms with E-state index in [-0.39, 0.29) is 11.1 Å². The first-order valence-electron chi connectivity index (χ1n) is 7.33. The van der Waals surface area contributed by atoms with E-state index in [4.69, 9.17) is 0 Å². The van der Waals surface area contributed by atoms with Crippen LogP contribution in [0.1, 0.15) is 20.7 Å². The lowest BCUT2D eigenvalue weighted by Gasteiger charge is -2.11. The normalized spacial score (nSPS) is 10.3. The highest BCUT2D eigenvalue weighted by molar-refractivity contribution is 6.06. The molecule has 0 heterocycles. The second-order valence-electron chi connectivity index (χ2n) is 5.29.